The van der Waals surface area contributed by atoms with Crippen LogP contribution in [-0.4, -0.2) is 69.4 Å². The van der Waals surface area contributed by atoms with Crippen LogP contribution in [0, 0.1) is 6.92 Å². The molecule has 0 radical (unpaired) electrons. The summed E-state index contributed by atoms with van der Waals surface area (Å²) in [6, 6.07) is 6.43. The van der Waals surface area contributed by atoms with Gasteiger partial charge < -0.3 is 20.1 Å². The minimum atomic E-state index is 0.168. The van der Waals surface area contributed by atoms with Crippen LogP contribution in [0.5, 0.6) is 5.75 Å². The zero-order chi connectivity index (χ0) is 20.5. The van der Waals surface area contributed by atoms with Gasteiger partial charge in [-0.3, -0.25) is 9.89 Å². The van der Waals surface area contributed by atoms with Gasteiger partial charge in [0.15, 0.2) is 5.96 Å². The highest BCUT2D eigenvalue weighted by molar-refractivity contribution is 5.79. The monoisotopic (exact) mass is 402 g/mol. The lowest BCUT2D eigenvalue weighted by atomic mass is 9.88. The summed E-state index contributed by atoms with van der Waals surface area (Å²) < 4.78 is 11.1. The number of hydrogen-bond donors (Lipinski definition) is 2. The number of benzene rings is 1. The topological polar surface area (TPSA) is 58.1 Å². The van der Waals surface area contributed by atoms with Crippen molar-refractivity contribution >= 4 is 5.96 Å². The molecule has 162 valence electrons. The Kier molecular flexibility index (Phi) is 8.19. The van der Waals surface area contributed by atoms with Gasteiger partial charge in [0.25, 0.3) is 0 Å². The van der Waals surface area contributed by atoms with Crippen LogP contribution in [0.2, 0.25) is 0 Å². The number of likely N-dealkylation sites (tertiary alicyclic amines) is 1. The van der Waals surface area contributed by atoms with Gasteiger partial charge in [0.2, 0.25) is 0 Å². The van der Waals surface area contributed by atoms with Crippen molar-refractivity contribution in [3.05, 3.63) is 29.3 Å². The van der Waals surface area contributed by atoms with E-state index < -0.39 is 0 Å². The first kappa shape index (κ1) is 21.9. The van der Waals surface area contributed by atoms with Crippen molar-refractivity contribution in [2.24, 2.45) is 4.99 Å². The van der Waals surface area contributed by atoms with Gasteiger partial charge in [-0.15, -0.1) is 0 Å². The molecular formula is C23H38N4O2. The van der Waals surface area contributed by atoms with Crippen molar-refractivity contribution in [2.45, 2.75) is 51.5 Å². The zero-order valence-electron chi connectivity index (χ0n) is 18.4. The van der Waals surface area contributed by atoms with Gasteiger partial charge in [-0.25, -0.2) is 0 Å². The van der Waals surface area contributed by atoms with Gasteiger partial charge in [0.05, 0.1) is 13.7 Å². The third-order valence-corrected chi connectivity index (χ3v) is 6.25. The molecule has 0 unspecified atom stereocenters. The molecule has 6 heteroatoms. The molecule has 2 aliphatic heterocycles. The molecule has 6 nitrogen and oxygen atoms in total. The van der Waals surface area contributed by atoms with Crippen LogP contribution in [0.15, 0.2) is 23.2 Å². The van der Waals surface area contributed by atoms with Crippen LogP contribution in [0.3, 0.4) is 0 Å². The van der Waals surface area contributed by atoms with E-state index in [2.05, 4.69) is 47.6 Å². The molecule has 3 rings (SSSR count). The first-order valence-corrected chi connectivity index (χ1v) is 11.2. The molecule has 2 heterocycles. The average molecular weight is 403 g/mol. The Bertz CT molecular complexity index is 665. The maximum Gasteiger partial charge on any atom is 0.191 e. The SMILES string of the molecule is CCNC(=NCC1(N2CCCC2)CCOCC1)NCCc1ccc(C)c(OC)c1. The number of rotatable bonds is 8. The van der Waals surface area contributed by atoms with Crippen LogP contribution in [0.25, 0.3) is 0 Å². The lowest BCUT2D eigenvalue weighted by molar-refractivity contribution is -0.0139. The number of aryl methyl sites for hydroxylation is 1. The molecule has 29 heavy (non-hydrogen) atoms. The van der Waals surface area contributed by atoms with E-state index in [9.17, 15) is 0 Å². The number of guanidine groups is 1. The second-order valence-corrected chi connectivity index (χ2v) is 8.21. The Morgan fingerprint density at radius 2 is 1.97 bits per heavy atom. The maximum absolute atomic E-state index is 5.66. The molecule has 1 aromatic rings. The van der Waals surface area contributed by atoms with E-state index in [1.165, 1.54) is 37.1 Å². The third kappa shape index (κ3) is 5.86. The van der Waals surface area contributed by atoms with Gasteiger partial charge in [-0.2, -0.15) is 0 Å². The van der Waals surface area contributed by atoms with Crippen LogP contribution >= 0.6 is 0 Å². The second-order valence-electron chi connectivity index (χ2n) is 8.21. The van der Waals surface area contributed by atoms with Crippen LogP contribution < -0.4 is 15.4 Å². The van der Waals surface area contributed by atoms with Gasteiger partial charge in [0, 0.05) is 31.8 Å². The van der Waals surface area contributed by atoms with Gasteiger partial charge >= 0.3 is 0 Å². The molecule has 0 atom stereocenters. The molecule has 0 amide bonds. The summed E-state index contributed by atoms with van der Waals surface area (Å²) in [5, 5.41) is 6.93. The smallest absolute Gasteiger partial charge is 0.191 e. The summed E-state index contributed by atoms with van der Waals surface area (Å²) >= 11 is 0. The molecule has 0 saturated carbocycles. The second kappa shape index (κ2) is 10.8. The van der Waals surface area contributed by atoms with E-state index in [0.29, 0.717) is 0 Å². The predicted molar refractivity (Wildman–Crippen MR) is 119 cm³/mol. The van der Waals surface area contributed by atoms with Gasteiger partial charge in [0.1, 0.15) is 5.75 Å². The van der Waals surface area contributed by atoms with Crippen molar-refractivity contribution in [3.63, 3.8) is 0 Å². The molecule has 2 aliphatic rings. The fourth-order valence-corrected chi connectivity index (χ4v) is 4.43. The van der Waals surface area contributed by atoms with Crippen molar-refractivity contribution in [3.8, 4) is 5.75 Å². The lowest BCUT2D eigenvalue weighted by Crippen LogP contribution is -2.54. The lowest BCUT2D eigenvalue weighted by Gasteiger charge is -2.43. The minimum Gasteiger partial charge on any atom is -0.496 e. The largest absolute Gasteiger partial charge is 0.496 e. The van der Waals surface area contributed by atoms with E-state index in [4.69, 9.17) is 14.5 Å². The van der Waals surface area contributed by atoms with E-state index in [-0.39, 0.29) is 5.54 Å². The summed E-state index contributed by atoms with van der Waals surface area (Å²) in [6.45, 7) is 10.8. The van der Waals surface area contributed by atoms with Crippen molar-refractivity contribution in [1.29, 1.82) is 0 Å². The first-order valence-electron chi connectivity index (χ1n) is 11.2. The third-order valence-electron chi connectivity index (χ3n) is 6.25. The van der Waals surface area contributed by atoms with Gasteiger partial charge in [-0.05, 0) is 76.2 Å². The molecule has 0 aromatic heterocycles. The van der Waals surface area contributed by atoms with E-state index in [0.717, 1.165) is 63.8 Å². The summed E-state index contributed by atoms with van der Waals surface area (Å²) in [7, 11) is 1.73. The number of nitrogens with one attached hydrogen (secondary N) is 2. The summed E-state index contributed by atoms with van der Waals surface area (Å²) in [5.74, 6) is 1.87. The Morgan fingerprint density at radius 1 is 1.21 bits per heavy atom. The molecule has 1 aromatic carbocycles. The molecule has 0 bridgehead atoms. The normalized spacial score (nSPS) is 19.9. The fraction of sp³-hybridized carbons (Fsp3) is 0.696. The summed E-state index contributed by atoms with van der Waals surface area (Å²) in [6.07, 6.45) is 5.72. The van der Waals surface area contributed by atoms with Crippen LogP contribution in [0.4, 0.5) is 0 Å². The number of aliphatic imine (C=N–C) groups is 1. The number of hydrogen-bond acceptors (Lipinski definition) is 4. The highest BCUT2D eigenvalue weighted by Crippen LogP contribution is 2.31. The Morgan fingerprint density at radius 3 is 2.66 bits per heavy atom. The predicted octanol–water partition coefficient (Wildman–Crippen LogP) is 2.75. The highest BCUT2D eigenvalue weighted by Gasteiger charge is 2.39. The van der Waals surface area contributed by atoms with E-state index >= 15 is 0 Å². The number of methoxy groups -OCH3 is 1. The molecule has 0 spiro atoms. The van der Waals surface area contributed by atoms with Gasteiger partial charge in [-0.1, -0.05) is 12.1 Å². The number of nitrogens with zero attached hydrogens (tertiary/aromatic N) is 2. The quantitative estimate of drug-likeness (QED) is 0.517. The fourth-order valence-electron chi connectivity index (χ4n) is 4.43. The molecule has 2 N–H and O–H groups in total. The highest BCUT2D eigenvalue weighted by atomic mass is 16.5. The van der Waals surface area contributed by atoms with Crippen molar-refractivity contribution < 1.29 is 9.47 Å². The Hall–Kier alpha value is -1.79. The van der Waals surface area contributed by atoms with E-state index in [1.54, 1.807) is 7.11 Å². The van der Waals surface area contributed by atoms with E-state index in [1.807, 2.05) is 0 Å². The van der Waals surface area contributed by atoms with Crippen LogP contribution in [-0.2, 0) is 11.2 Å². The molecule has 0 aliphatic carbocycles. The first-order chi connectivity index (χ1) is 14.2. The summed E-state index contributed by atoms with van der Waals surface area (Å²) in [4.78, 5) is 7.67. The maximum atomic E-state index is 5.66. The molecule has 2 saturated heterocycles. The molecule has 2 fully saturated rings. The Labute approximate surface area is 176 Å². The van der Waals surface area contributed by atoms with Crippen molar-refractivity contribution in [1.82, 2.24) is 15.5 Å². The average Bonchev–Trinajstić information content (AvgIpc) is 3.29. The standard InChI is InChI=1S/C23H38N4O2/c1-4-24-22(25-12-9-20-8-7-19(2)21(17-20)28-3)26-18-23(10-15-29-16-11-23)27-13-5-6-14-27/h7-8,17H,4-6,9-16,18H2,1-3H3,(H2,24,25,26). The van der Waals surface area contributed by atoms with Crippen molar-refractivity contribution in [2.75, 3.05) is 53.0 Å². The van der Waals surface area contributed by atoms with Crippen LogP contribution in [0.1, 0.15) is 43.7 Å². The Balaban J connectivity index is 1.59. The number of ether oxygens (including phenoxy) is 2. The zero-order valence-corrected chi connectivity index (χ0v) is 18.4. The minimum absolute atomic E-state index is 0.168. The summed E-state index contributed by atoms with van der Waals surface area (Å²) in [5.41, 5.74) is 2.61. The molecular weight excluding hydrogens is 364 g/mol.